The molecule has 0 aromatic carbocycles. The van der Waals surface area contributed by atoms with E-state index in [0.29, 0.717) is 0 Å². The van der Waals surface area contributed by atoms with Crippen LogP contribution in [0, 0.1) is 5.92 Å². The molecule has 0 unspecified atom stereocenters. The molecule has 2 heterocycles. The minimum absolute atomic E-state index is 0.872. The average Bonchev–Trinajstić information content (AvgIpc) is 2.79. The minimum atomic E-state index is 0.872. The monoisotopic (exact) mass is 271 g/mol. The van der Waals surface area contributed by atoms with Crippen molar-refractivity contribution < 1.29 is 4.42 Å². The molecule has 0 aliphatic carbocycles. The molecule has 1 aliphatic rings. The summed E-state index contributed by atoms with van der Waals surface area (Å²) in [4.78, 5) is 0. The van der Waals surface area contributed by atoms with Crippen LogP contribution in [0.25, 0.3) is 0 Å². The smallest absolute Gasteiger partial charge is 0.117 e. The van der Waals surface area contributed by atoms with Crippen LogP contribution in [0.5, 0.6) is 0 Å². The van der Waals surface area contributed by atoms with Crippen LogP contribution in [-0.4, -0.2) is 24.3 Å². The van der Waals surface area contributed by atoms with E-state index in [-0.39, 0.29) is 0 Å². The summed E-state index contributed by atoms with van der Waals surface area (Å²) in [6, 6.07) is 4.18. The summed E-state index contributed by atoms with van der Waals surface area (Å²) in [5.74, 6) is 6.68. The molecule has 1 aromatic heterocycles. The lowest BCUT2D eigenvalue weighted by Gasteiger charge is -2.21. The lowest BCUT2D eigenvalue weighted by Crippen LogP contribution is -2.25. The molecule has 1 saturated heterocycles. The van der Waals surface area contributed by atoms with Crippen LogP contribution < -0.4 is 5.32 Å². The zero-order valence-electron chi connectivity index (χ0n) is 10.4. The van der Waals surface area contributed by atoms with E-state index in [0.717, 1.165) is 36.3 Å². The van der Waals surface area contributed by atoms with Gasteiger partial charge in [-0.1, -0.05) is 0 Å². The van der Waals surface area contributed by atoms with Crippen LogP contribution in [0.1, 0.15) is 24.4 Å². The molecule has 1 N–H and O–H groups in total. The third-order valence-electron chi connectivity index (χ3n) is 3.08. The quantitative estimate of drug-likeness (QED) is 0.857. The predicted octanol–water partition coefficient (Wildman–Crippen LogP) is 3.38. The van der Waals surface area contributed by atoms with Gasteiger partial charge in [0.25, 0.3) is 0 Å². The highest BCUT2D eigenvalue weighted by molar-refractivity contribution is 7.99. The molecule has 0 saturated carbocycles. The Morgan fingerprint density at radius 2 is 2.12 bits per heavy atom. The molecular weight excluding hydrogens is 250 g/mol. The van der Waals surface area contributed by atoms with Gasteiger partial charge in [-0.3, -0.25) is 0 Å². The van der Waals surface area contributed by atoms with Crippen LogP contribution in [0.15, 0.2) is 16.5 Å². The summed E-state index contributed by atoms with van der Waals surface area (Å²) in [6.07, 6.45) is 4.84. The first-order chi connectivity index (χ1) is 8.38. The molecule has 96 valence electrons. The van der Waals surface area contributed by atoms with Crippen molar-refractivity contribution in [2.75, 3.05) is 24.3 Å². The van der Waals surface area contributed by atoms with Crippen molar-refractivity contribution in [1.82, 2.24) is 5.32 Å². The number of hydrogen-bond acceptors (Lipinski definition) is 4. The second kappa shape index (κ2) is 7.39. The molecule has 0 amide bonds. The fourth-order valence-corrected chi connectivity index (χ4v) is 3.73. The average molecular weight is 271 g/mol. The van der Waals surface area contributed by atoms with E-state index < -0.39 is 0 Å². The maximum atomic E-state index is 5.73. The topological polar surface area (TPSA) is 25.2 Å². The first kappa shape index (κ1) is 13.4. The molecular formula is C13H21NOS2. The largest absolute Gasteiger partial charge is 0.464 e. The molecule has 2 nitrogen and oxygen atoms in total. The number of hydrogen-bond donors (Lipinski definition) is 1. The van der Waals surface area contributed by atoms with Crippen LogP contribution in [0.2, 0.25) is 0 Å². The molecule has 2 rings (SSSR count). The highest BCUT2D eigenvalue weighted by atomic mass is 32.2. The Morgan fingerprint density at radius 3 is 2.88 bits per heavy atom. The van der Waals surface area contributed by atoms with E-state index in [9.17, 15) is 0 Å². The van der Waals surface area contributed by atoms with Crippen LogP contribution in [0.4, 0.5) is 0 Å². The van der Waals surface area contributed by atoms with Gasteiger partial charge in [0.15, 0.2) is 0 Å². The van der Waals surface area contributed by atoms with Gasteiger partial charge in [-0.2, -0.15) is 23.5 Å². The zero-order valence-corrected chi connectivity index (χ0v) is 12.0. The van der Waals surface area contributed by atoms with E-state index in [1.54, 1.807) is 11.8 Å². The minimum Gasteiger partial charge on any atom is -0.464 e. The van der Waals surface area contributed by atoms with Gasteiger partial charge < -0.3 is 9.73 Å². The van der Waals surface area contributed by atoms with Crippen molar-refractivity contribution in [2.45, 2.75) is 25.1 Å². The molecule has 1 aromatic rings. The second-order valence-electron chi connectivity index (χ2n) is 4.49. The molecule has 0 spiro atoms. The standard InChI is InChI=1S/C13H21NOS2/c1-16-10-13-3-2-12(15-13)9-14-8-11-4-6-17-7-5-11/h2-3,11,14H,4-10H2,1H3. The maximum Gasteiger partial charge on any atom is 0.117 e. The number of nitrogens with one attached hydrogen (secondary N) is 1. The highest BCUT2D eigenvalue weighted by Gasteiger charge is 2.13. The Labute approximate surface area is 112 Å². The molecule has 1 aliphatic heterocycles. The number of furan rings is 1. The van der Waals surface area contributed by atoms with Crippen LogP contribution in [-0.2, 0) is 12.3 Å². The maximum absolute atomic E-state index is 5.73. The third-order valence-corrected chi connectivity index (χ3v) is 4.70. The summed E-state index contributed by atoms with van der Waals surface area (Å²) in [7, 11) is 0. The van der Waals surface area contributed by atoms with Crippen molar-refractivity contribution in [3.8, 4) is 0 Å². The summed E-state index contributed by atoms with van der Waals surface area (Å²) < 4.78 is 5.73. The van der Waals surface area contributed by atoms with Gasteiger partial charge in [0.05, 0.1) is 12.3 Å². The van der Waals surface area contributed by atoms with Crippen LogP contribution in [0.3, 0.4) is 0 Å². The molecule has 4 heteroatoms. The van der Waals surface area contributed by atoms with Crippen molar-refractivity contribution in [3.05, 3.63) is 23.7 Å². The van der Waals surface area contributed by atoms with E-state index in [4.69, 9.17) is 4.42 Å². The van der Waals surface area contributed by atoms with Gasteiger partial charge in [-0.05, 0) is 55.2 Å². The lowest BCUT2D eigenvalue weighted by molar-refractivity contribution is 0.414. The van der Waals surface area contributed by atoms with Gasteiger partial charge in [-0.15, -0.1) is 0 Å². The summed E-state index contributed by atoms with van der Waals surface area (Å²) >= 11 is 3.89. The Hall–Kier alpha value is -0.0600. The Kier molecular flexibility index (Phi) is 5.81. The Morgan fingerprint density at radius 1 is 1.35 bits per heavy atom. The van der Waals surface area contributed by atoms with E-state index in [1.165, 1.54) is 24.3 Å². The first-order valence-corrected chi connectivity index (χ1v) is 8.78. The molecule has 0 atom stereocenters. The van der Waals surface area contributed by atoms with Crippen molar-refractivity contribution in [1.29, 1.82) is 0 Å². The van der Waals surface area contributed by atoms with Gasteiger partial charge in [0, 0.05) is 0 Å². The summed E-state index contributed by atoms with van der Waals surface area (Å²) in [6.45, 7) is 2.01. The Bertz CT molecular complexity index is 321. The summed E-state index contributed by atoms with van der Waals surface area (Å²) in [5.41, 5.74) is 0. The van der Waals surface area contributed by atoms with E-state index in [2.05, 4.69) is 35.5 Å². The van der Waals surface area contributed by atoms with Crippen molar-refractivity contribution in [3.63, 3.8) is 0 Å². The number of rotatable bonds is 6. The van der Waals surface area contributed by atoms with Crippen LogP contribution >= 0.6 is 23.5 Å². The molecule has 0 radical (unpaired) electrons. The van der Waals surface area contributed by atoms with E-state index >= 15 is 0 Å². The lowest BCUT2D eigenvalue weighted by atomic mass is 10.0. The highest BCUT2D eigenvalue weighted by Crippen LogP contribution is 2.22. The number of thioether (sulfide) groups is 2. The molecule has 0 bridgehead atoms. The molecule has 1 fully saturated rings. The van der Waals surface area contributed by atoms with Crippen molar-refractivity contribution in [2.24, 2.45) is 5.92 Å². The third kappa shape index (κ3) is 4.60. The van der Waals surface area contributed by atoms with E-state index in [1.807, 2.05) is 0 Å². The fraction of sp³-hybridized carbons (Fsp3) is 0.692. The fourth-order valence-electron chi connectivity index (χ4n) is 2.09. The van der Waals surface area contributed by atoms with Gasteiger partial charge >= 0.3 is 0 Å². The zero-order chi connectivity index (χ0) is 11.9. The first-order valence-electron chi connectivity index (χ1n) is 6.23. The SMILES string of the molecule is CSCc1ccc(CNCC2CCSCC2)o1. The van der Waals surface area contributed by atoms with Crippen molar-refractivity contribution >= 4 is 23.5 Å². The second-order valence-corrected chi connectivity index (χ2v) is 6.58. The van der Waals surface area contributed by atoms with Gasteiger partial charge in [0.2, 0.25) is 0 Å². The molecule has 17 heavy (non-hydrogen) atoms. The Balaban J connectivity index is 1.66. The normalized spacial score (nSPS) is 17.5. The van der Waals surface area contributed by atoms with Gasteiger partial charge in [-0.25, -0.2) is 0 Å². The summed E-state index contributed by atoms with van der Waals surface area (Å²) in [5, 5.41) is 3.52. The predicted molar refractivity (Wildman–Crippen MR) is 77.7 cm³/mol. The van der Waals surface area contributed by atoms with Gasteiger partial charge in [0.1, 0.15) is 11.5 Å².